The molecule has 0 amide bonds. The fraction of sp³-hybridized carbons (Fsp3) is 0.814. The highest BCUT2D eigenvalue weighted by Gasteiger charge is 2.26. The average molecular weight is 771 g/mol. The van der Waals surface area contributed by atoms with Gasteiger partial charge < -0.3 is 18.9 Å². The molecule has 1 N–H and O–H groups in total. The van der Waals surface area contributed by atoms with Gasteiger partial charge >= 0.3 is 19.8 Å². The van der Waals surface area contributed by atoms with Crippen molar-refractivity contribution in [1.29, 1.82) is 0 Å². The zero-order valence-electron chi connectivity index (χ0n) is 34.7. The first-order chi connectivity index (χ1) is 25.5. The van der Waals surface area contributed by atoms with Crippen LogP contribution in [0.3, 0.4) is 0 Å². The van der Waals surface area contributed by atoms with Gasteiger partial charge in [0.1, 0.15) is 19.8 Å². The topological polar surface area (TPSA) is 108 Å². The van der Waals surface area contributed by atoms with Gasteiger partial charge in [0.25, 0.3) is 0 Å². The lowest BCUT2D eigenvalue weighted by Crippen LogP contribution is -2.37. The van der Waals surface area contributed by atoms with Gasteiger partial charge in [-0.05, 0) is 44.9 Å². The van der Waals surface area contributed by atoms with E-state index in [1.807, 2.05) is 33.3 Å². The Labute approximate surface area is 325 Å². The molecule has 0 radical (unpaired) electrons. The van der Waals surface area contributed by atoms with E-state index < -0.39 is 32.5 Å². The van der Waals surface area contributed by atoms with Crippen LogP contribution in [-0.2, 0) is 32.7 Å². The number of hydrogen-bond donors (Lipinski definition) is 1. The van der Waals surface area contributed by atoms with Gasteiger partial charge in [-0.2, -0.15) is 0 Å². The molecule has 0 rings (SSSR count). The third-order valence-corrected chi connectivity index (χ3v) is 9.98. The van der Waals surface area contributed by atoms with Gasteiger partial charge in [0.15, 0.2) is 6.10 Å². The standard InChI is InChI=1S/C43H80NO8P/c1-6-8-10-12-14-16-18-20-22-24-26-28-30-32-34-36-43(46)52-41(40-51-53(47,48)50-38-37-44(3,4)5)39-49-42(45)35-33-31-29-27-25-23-21-19-17-15-13-11-9-7-2/h19,21,30,32,34,36,41H,6-18,20,22-29,31,33,35,37-40H2,1-5H3/p+1/b21-19+,32-30+,36-34+/t41-/m1/s1. The van der Waals surface area contributed by atoms with Crippen molar-refractivity contribution in [2.75, 3.05) is 47.5 Å². The fourth-order valence-corrected chi connectivity index (χ4v) is 6.36. The number of allylic oxidation sites excluding steroid dienone is 5. The highest BCUT2D eigenvalue weighted by Crippen LogP contribution is 2.43. The minimum absolute atomic E-state index is 0.0148. The molecule has 2 atom stereocenters. The number of unbranched alkanes of at least 4 members (excludes halogenated alkanes) is 21. The van der Waals surface area contributed by atoms with Crippen molar-refractivity contribution in [3.63, 3.8) is 0 Å². The zero-order chi connectivity index (χ0) is 39.3. The summed E-state index contributed by atoms with van der Waals surface area (Å²) >= 11 is 0. The molecule has 0 aliphatic rings. The first-order valence-corrected chi connectivity index (χ1v) is 22.8. The average Bonchev–Trinajstić information content (AvgIpc) is 3.10. The second-order valence-electron chi connectivity index (χ2n) is 15.4. The lowest BCUT2D eigenvalue weighted by molar-refractivity contribution is -0.870. The third-order valence-electron chi connectivity index (χ3n) is 9.00. The van der Waals surface area contributed by atoms with E-state index in [1.165, 1.54) is 109 Å². The van der Waals surface area contributed by atoms with Crippen LogP contribution >= 0.6 is 7.82 Å². The molecule has 53 heavy (non-hydrogen) atoms. The lowest BCUT2D eigenvalue weighted by atomic mass is 10.1. The first-order valence-electron chi connectivity index (χ1n) is 21.3. The summed E-state index contributed by atoms with van der Waals surface area (Å²) in [6.45, 7) is 4.27. The van der Waals surface area contributed by atoms with Gasteiger partial charge in [0.05, 0.1) is 27.7 Å². The van der Waals surface area contributed by atoms with Gasteiger partial charge in [0, 0.05) is 12.5 Å². The fourth-order valence-electron chi connectivity index (χ4n) is 5.62. The quantitative estimate of drug-likeness (QED) is 0.0126. The van der Waals surface area contributed by atoms with Gasteiger partial charge in [-0.1, -0.05) is 153 Å². The minimum atomic E-state index is -4.40. The number of ether oxygens (including phenoxy) is 2. The first kappa shape index (κ1) is 51.2. The number of carbonyl (C=O) groups is 2. The maximum absolute atomic E-state index is 12.6. The summed E-state index contributed by atoms with van der Waals surface area (Å²) in [6, 6.07) is 0. The van der Waals surface area contributed by atoms with E-state index >= 15 is 0 Å². The van der Waals surface area contributed by atoms with Crippen molar-refractivity contribution < 1.29 is 42.1 Å². The number of esters is 2. The zero-order valence-corrected chi connectivity index (χ0v) is 35.6. The number of rotatable bonds is 38. The molecule has 0 aliphatic carbocycles. The Bertz CT molecular complexity index is 1010. The van der Waals surface area contributed by atoms with E-state index in [1.54, 1.807) is 6.08 Å². The van der Waals surface area contributed by atoms with E-state index in [-0.39, 0.29) is 19.6 Å². The number of likely N-dealkylation sites (N-methyl/N-ethyl adjacent to an activating group) is 1. The van der Waals surface area contributed by atoms with Gasteiger partial charge in [-0.25, -0.2) is 9.36 Å². The van der Waals surface area contributed by atoms with Crippen molar-refractivity contribution in [2.24, 2.45) is 0 Å². The number of phosphoric ester groups is 1. The molecule has 0 aliphatic heterocycles. The van der Waals surface area contributed by atoms with Crippen LogP contribution in [0.25, 0.3) is 0 Å². The second-order valence-corrected chi connectivity index (χ2v) is 16.9. The van der Waals surface area contributed by atoms with Crippen LogP contribution in [0.1, 0.15) is 174 Å². The van der Waals surface area contributed by atoms with Crippen molar-refractivity contribution in [2.45, 2.75) is 180 Å². The van der Waals surface area contributed by atoms with Crippen LogP contribution in [0.4, 0.5) is 0 Å². The molecular formula is C43H81NO8P+. The molecule has 0 bridgehead atoms. The Kier molecular flexibility index (Phi) is 34.7. The predicted molar refractivity (Wildman–Crippen MR) is 220 cm³/mol. The number of quaternary nitrogens is 1. The van der Waals surface area contributed by atoms with Crippen LogP contribution in [0, 0.1) is 0 Å². The van der Waals surface area contributed by atoms with Crippen molar-refractivity contribution in [1.82, 2.24) is 0 Å². The monoisotopic (exact) mass is 771 g/mol. The molecular weight excluding hydrogens is 689 g/mol. The Morgan fingerprint density at radius 1 is 0.623 bits per heavy atom. The van der Waals surface area contributed by atoms with Crippen LogP contribution in [0.15, 0.2) is 36.5 Å². The molecule has 1 unspecified atom stereocenters. The summed E-state index contributed by atoms with van der Waals surface area (Å²) < 4.78 is 34.0. The molecule has 0 spiro atoms. The molecule has 0 aromatic rings. The van der Waals surface area contributed by atoms with Crippen LogP contribution in [-0.4, -0.2) is 74.9 Å². The smallest absolute Gasteiger partial charge is 0.462 e. The Morgan fingerprint density at radius 2 is 1.09 bits per heavy atom. The number of carbonyl (C=O) groups excluding carboxylic acids is 2. The second kappa shape index (κ2) is 35.9. The Hall–Kier alpha value is -1.77. The molecule has 10 heteroatoms. The van der Waals surface area contributed by atoms with Gasteiger partial charge in [-0.3, -0.25) is 13.8 Å². The highest BCUT2D eigenvalue weighted by molar-refractivity contribution is 7.47. The predicted octanol–water partition coefficient (Wildman–Crippen LogP) is 11.7. The van der Waals surface area contributed by atoms with Crippen molar-refractivity contribution in [3.8, 4) is 0 Å². The number of hydrogen-bond acceptors (Lipinski definition) is 7. The Morgan fingerprint density at radius 3 is 1.60 bits per heavy atom. The summed E-state index contributed by atoms with van der Waals surface area (Å²) in [7, 11) is 1.42. The number of nitrogens with zero attached hydrogens (tertiary/aromatic N) is 1. The third kappa shape index (κ3) is 39.7. The molecule has 0 heterocycles. The molecule has 0 aromatic carbocycles. The van der Waals surface area contributed by atoms with E-state index in [0.29, 0.717) is 17.4 Å². The van der Waals surface area contributed by atoms with Crippen molar-refractivity contribution in [3.05, 3.63) is 36.5 Å². The van der Waals surface area contributed by atoms with Gasteiger partial charge in [-0.15, -0.1) is 0 Å². The molecule has 0 saturated heterocycles. The maximum atomic E-state index is 12.6. The molecule has 9 nitrogen and oxygen atoms in total. The van der Waals surface area contributed by atoms with E-state index in [0.717, 1.165) is 44.9 Å². The summed E-state index contributed by atoms with van der Waals surface area (Å²) in [5.41, 5.74) is 0. The van der Waals surface area contributed by atoms with E-state index in [4.69, 9.17) is 18.5 Å². The van der Waals surface area contributed by atoms with Crippen LogP contribution < -0.4 is 0 Å². The molecule has 0 fully saturated rings. The SMILES string of the molecule is CCCCCCC/C=C/CCCCCCCC(=O)OC[C@H](COP(=O)(O)OCC[N+](C)(C)C)OC(=O)/C=C/C=C/CCCCCCCCCCCCC. The molecule has 0 saturated carbocycles. The van der Waals surface area contributed by atoms with Crippen molar-refractivity contribution >= 4 is 19.8 Å². The normalized spacial score (nSPS) is 14.0. The Balaban J connectivity index is 4.50. The molecule has 310 valence electrons. The van der Waals surface area contributed by atoms with Crippen LogP contribution in [0.5, 0.6) is 0 Å². The summed E-state index contributed by atoms with van der Waals surface area (Å²) in [4.78, 5) is 35.1. The summed E-state index contributed by atoms with van der Waals surface area (Å²) in [6.07, 6.45) is 39.7. The maximum Gasteiger partial charge on any atom is 0.472 e. The summed E-state index contributed by atoms with van der Waals surface area (Å²) in [5.74, 6) is -1.06. The van der Waals surface area contributed by atoms with E-state index in [9.17, 15) is 19.0 Å². The highest BCUT2D eigenvalue weighted by atomic mass is 31.2. The van der Waals surface area contributed by atoms with Crippen LogP contribution in [0.2, 0.25) is 0 Å². The van der Waals surface area contributed by atoms with Gasteiger partial charge in [0.2, 0.25) is 0 Å². The lowest BCUT2D eigenvalue weighted by Gasteiger charge is -2.24. The minimum Gasteiger partial charge on any atom is -0.462 e. The summed E-state index contributed by atoms with van der Waals surface area (Å²) in [5, 5.41) is 0. The van der Waals surface area contributed by atoms with E-state index in [2.05, 4.69) is 26.0 Å². The molecule has 0 aromatic heterocycles. The largest absolute Gasteiger partial charge is 0.472 e. The number of phosphoric acid groups is 1.